The summed E-state index contributed by atoms with van der Waals surface area (Å²) in [6.45, 7) is 4.83. The highest BCUT2D eigenvalue weighted by Crippen LogP contribution is 2.48. The molecule has 3 N–H and O–H groups in total. The van der Waals surface area contributed by atoms with Crippen LogP contribution < -0.4 is 10.5 Å². The van der Waals surface area contributed by atoms with Crippen LogP contribution in [0.25, 0.3) is 0 Å². The zero-order chi connectivity index (χ0) is 15.0. The van der Waals surface area contributed by atoms with E-state index in [0.29, 0.717) is 17.6 Å². The average molecular weight is 361 g/mol. The van der Waals surface area contributed by atoms with E-state index in [4.69, 9.17) is 5.73 Å². The van der Waals surface area contributed by atoms with E-state index >= 15 is 0 Å². The quantitative estimate of drug-likeness (QED) is 0.818. The number of nitrogens with one attached hydrogen (secondary N) is 1. The standard InChI is InChI=1S/C14H21BrN2O2S/c1-3-14(4-5-14)9-17-20(18,19)12-7-11(8-16)6-10(2)13(12)15/h6-7,17H,3-5,8-9,16H2,1-2H3. The molecule has 0 bridgehead atoms. The Balaban J connectivity index is 2.27. The maximum absolute atomic E-state index is 12.5. The lowest BCUT2D eigenvalue weighted by atomic mass is 10.1. The summed E-state index contributed by atoms with van der Waals surface area (Å²) in [5.74, 6) is 0. The first-order valence-electron chi connectivity index (χ1n) is 6.82. The molecule has 0 saturated heterocycles. The maximum Gasteiger partial charge on any atom is 0.241 e. The highest BCUT2D eigenvalue weighted by Gasteiger charge is 2.41. The molecule has 4 nitrogen and oxygen atoms in total. The van der Waals surface area contributed by atoms with Gasteiger partial charge in [0.2, 0.25) is 10.0 Å². The van der Waals surface area contributed by atoms with Crippen LogP contribution in [-0.4, -0.2) is 15.0 Å². The Kier molecular flexibility index (Phi) is 4.59. The summed E-state index contributed by atoms with van der Waals surface area (Å²) in [5.41, 5.74) is 7.51. The van der Waals surface area contributed by atoms with Crippen LogP contribution in [0.5, 0.6) is 0 Å². The molecule has 0 amide bonds. The van der Waals surface area contributed by atoms with Crippen LogP contribution in [0.3, 0.4) is 0 Å². The number of hydrogen-bond donors (Lipinski definition) is 2. The zero-order valence-corrected chi connectivity index (χ0v) is 14.3. The van der Waals surface area contributed by atoms with E-state index in [0.717, 1.165) is 30.4 Å². The third-order valence-electron chi connectivity index (χ3n) is 4.15. The first-order chi connectivity index (χ1) is 9.33. The predicted octanol–water partition coefficient (Wildman–Crippen LogP) is 2.68. The molecule has 112 valence electrons. The molecule has 1 fully saturated rings. The second-order valence-electron chi connectivity index (χ2n) is 5.61. The first kappa shape index (κ1) is 15.9. The van der Waals surface area contributed by atoms with Crippen molar-refractivity contribution >= 4 is 26.0 Å². The van der Waals surface area contributed by atoms with Gasteiger partial charge in [-0.25, -0.2) is 13.1 Å². The summed E-state index contributed by atoms with van der Waals surface area (Å²) >= 11 is 3.37. The van der Waals surface area contributed by atoms with Gasteiger partial charge in [0.1, 0.15) is 0 Å². The van der Waals surface area contributed by atoms with Gasteiger partial charge in [-0.2, -0.15) is 0 Å². The Hall–Kier alpha value is -0.430. The summed E-state index contributed by atoms with van der Waals surface area (Å²) in [6, 6.07) is 3.54. The lowest BCUT2D eigenvalue weighted by Crippen LogP contribution is -2.30. The molecule has 1 aliphatic rings. The molecule has 0 heterocycles. The Morgan fingerprint density at radius 2 is 2.05 bits per heavy atom. The van der Waals surface area contributed by atoms with Crippen LogP contribution in [0, 0.1) is 12.3 Å². The van der Waals surface area contributed by atoms with E-state index in [2.05, 4.69) is 27.6 Å². The van der Waals surface area contributed by atoms with Gasteiger partial charge in [-0.05, 0) is 64.7 Å². The van der Waals surface area contributed by atoms with Crippen molar-refractivity contribution in [2.24, 2.45) is 11.1 Å². The van der Waals surface area contributed by atoms with Crippen LogP contribution in [0.1, 0.15) is 37.3 Å². The van der Waals surface area contributed by atoms with Gasteiger partial charge in [0.05, 0.1) is 4.90 Å². The molecular weight excluding hydrogens is 340 g/mol. The molecule has 0 unspecified atom stereocenters. The molecule has 0 radical (unpaired) electrons. The predicted molar refractivity (Wildman–Crippen MR) is 83.9 cm³/mol. The van der Waals surface area contributed by atoms with E-state index in [-0.39, 0.29) is 10.3 Å². The lowest BCUT2D eigenvalue weighted by Gasteiger charge is -2.16. The molecule has 0 spiro atoms. The molecule has 1 saturated carbocycles. The van der Waals surface area contributed by atoms with Gasteiger partial charge in [0.15, 0.2) is 0 Å². The van der Waals surface area contributed by atoms with Crippen molar-refractivity contribution in [2.45, 2.75) is 44.6 Å². The number of hydrogen-bond acceptors (Lipinski definition) is 3. The summed E-state index contributed by atoms with van der Waals surface area (Å²) in [4.78, 5) is 0.282. The molecule has 0 atom stereocenters. The third-order valence-corrected chi connectivity index (χ3v) is 6.89. The Labute approximate surface area is 129 Å². The normalized spacial score (nSPS) is 17.2. The molecule has 0 aliphatic heterocycles. The van der Waals surface area contributed by atoms with Gasteiger partial charge < -0.3 is 5.73 Å². The number of rotatable bonds is 6. The van der Waals surface area contributed by atoms with Gasteiger partial charge in [-0.3, -0.25) is 0 Å². The summed E-state index contributed by atoms with van der Waals surface area (Å²) in [5, 5.41) is 0. The van der Waals surface area contributed by atoms with Gasteiger partial charge in [0.25, 0.3) is 0 Å². The molecule has 2 rings (SSSR count). The highest BCUT2D eigenvalue weighted by molar-refractivity contribution is 9.10. The van der Waals surface area contributed by atoms with Crippen molar-refractivity contribution in [3.05, 3.63) is 27.7 Å². The molecule has 20 heavy (non-hydrogen) atoms. The summed E-state index contributed by atoms with van der Waals surface area (Å²) < 4.78 is 28.3. The molecule has 6 heteroatoms. The SMILES string of the molecule is CCC1(CNS(=O)(=O)c2cc(CN)cc(C)c2Br)CC1. The maximum atomic E-state index is 12.5. The minimum Gasteiger partial charge on any atom is -0.326 e. The summed E-state index contributed by atoms with van der Waals surface area (Å²) in [7, 11) is -3.50. The van der Waals surface area contributed by atoms with E-state index in [9.17, 15) is 8.42 Å². The highest BCUT2D eigenvalue weighted by atomic mass is 79.9. The fourth-order valence-electron chi connectivity index (χ4n) is 2.28. The van der Waals surface area contributed by atoms with Gasteiger partial charge in [-0.1, -0.05) is 13.0 Å². The number of nitrogens with two attached hydrogens (primary N) is 1. The largest absolute Gasteiger partial charge is 0.326 e. The lowest BCUT2D eigenvalue weighted by molar-refractivity contribution is 0.475. The second-order valence-corrected chi connectivity index (χ2v) is 8.14. The van der Waals surface area contributed by atoms with E-state index in [1.165, 1.54) is 0 Å². The minimum atomic E-state index is -3.50. The van der Waals surface area contributed by atoms with Gasteiger partial charge in [-0.15, -0.1) is 0 Å². The Bertz CT molecular complexity index is 610. The van der Waals surface area contributed by atoms with Crippen LogP contribution in [0.2, 0.25) is 0 Å². The summed E-state index contributed by atoms with van der Waals surface area (Å²) in [6.07, 6.45) is 3.22. The fraction of sp³-hybridized carbons (Fsp3) is 0.571. The van der Waals surface area contributed by atoms with Crippen LogP contribution in [-0.2, 0) is 16.6 Å². The Morgan fingerprint density at radius 1 is 1.40 bits per heavy atom. The number of sulfonamides is 1. The molecule has 0 aromatic heterocycles. The zero-order valence-electron chi connectivity index (χ0n) is 11.9. The van der Waals surface area contributed by atoms with E-state index < -0.39 is 10.0 Å². The fourth-order valence-corrected chi connectivity index (χ4v) is 4.50. The van der Waals surface area contributed by atoms with Gasteiger partial charge >= 0.3 is 0 Å². The van der Waals surface area contributed by atoms with Crippen molar-refractivity contribution in [1.29, 1.82) is 0 Å². The van der Waals surface area contributed by atoms with Gasteiger partial charge in [0, 0.05) is 17.6 Å². The van der Waals surface area contributed by atoms with Crippen LogP contribution in [0.15, 0.2) is 21.5 Å². The van der Waals surface area contributed by atoms with E-state index in [1.54, 1.807) is 6.07 Å². The van der Waals surface area contributed by atoms with Crippen molar-refractivity contribution in [2.75, 3.05) is 6.54 Å². The Morgan fingerprint density at radius 3 is 2.55 bits per heavy atom. The van der Waals surface area contributed by atoms with Crippen molar-refractivity contribution in [3.63, 3.8) is 0 Å². The van der Waals surface area contributed by atoms with E-state index in [1.807, 2.05) is 13.0 Å². The van der Waals surface area contributed by atoms with Crippen molar-refractivity contribution < 1.29 is 8.42 Å². The number of halogens is 1. The third kappa shape index (κ3) is 3.24. The smallest absolute Gasteiger partial charge is 0.241 e. The first-order valence-corrected chi connectivity index (χ1v) is 9.10. The van der Waals surface area contributed by atoms with Crippen molar-refractivity contribution in [1.82, 2.24) is 4.72 Å². The topological polar surface area (TPSA) is 72.2 Å². The molecule has 1 aromatic rings. The number of aryl methyl sites for hydroxylation is 1. The van der Waals surface area contributed by atoms with Crippen LogP contribution >= 0.6 is 15.9 Å². The second kappa shape index (κ2) is 5.75. The minimum absolute atomic E-state index is 0.181. The monoisotopic (exact) mass is 360 g/mol. The van der Waals surface area contributed by atoms with Crippen molar-refractivity contribution in [3.8, 4) is 0 Å². The molecule has 1 aliphatic carbocycles. The molecular formula is C14H21BrN2O2S. The van der Waals surface area contributed by atoms with Crippen LogP contribution in [0.4, 0.5) is 0 Å². The average Bonchev–Trinajstić information content (AvgIpc) is 3.20. The number of benzene rings is 1. The molecule has 1 aromatic carbocycles.